The van der Waals surface area contributed by atoms with Gasteiger partial charge in [-0.05, 0) is 37.5 Å². The number of hydrogen-bond donors (Lipinski definition) is 1. The molecule has 2 atom stereocenters. The zero-order valence-corrected chi connectivity index (χ0v) is 18.2. The molecule has 160 valence electrons. The van der Waals surface area contributed by atoms with Crippen molar-refractivity contribution in [2.24, 2.45) is 5.92 Å². The Labute approximate surface area is 180 Å². The lowest BCUT2D eigenvalue weighted by Crippen LogP contribution is -2.28. The molecule has 0 radical (unpaired) electrons. The summed E-state index contributed by atoms with van der Waals surface area (Å²) in [6, 6.07) is 8.35. The molecule has 0 spiro atoms. The Morgan fingerprint density at radius 3 is 2.81 bits per heavy atom. The zero-order chi connectivity index (χ0) is 21.7. The van der Waals surface area contributed by atoms with E-state index < -0.39 is 0 Å². The quantitative estimate of drug-likeness (QED) is 0.540. The maximum Gasteiger partial charge on any atom is 0.259 e. The molecule has 1 aliphatic heterocycles. The number of methoxy groups -OCH3 is 1. The van der Waals surface area contributed by atoms with Crippen molar-refractivity contribution in [1.82, 2.24) is 19.7 Å². The van der Waals surface area contributed by atoms with Crippen molar-refractivity contribution in [3.05, 3.63) is 52.1 Å². The standard InChI is InChI=1S/C24H26N4O3/c1-13-9-21(30-4)26-15(3)22(13)16-5-6-17-19(10-16)27-24(29)18-11-25-28(23(17)18)20-7-8-31-12-14(20)2/h5-6,9-11,14,20H,7-8,12H2,1-4H3,(H,27,29)/t14-,20+/m0/s1. The summed E-state index contributed by atoms with van der Waals surface area (Å²) in [7, 11) is 1.62. The highest BCUT2D eigenvalue weighted by atomic mass is 16.5. The highest BCUT2D eigenvalue weighted by Gasteiger charge is 2.27. The van der Waals surface area contributed by atoms with Crippen molar-refractivity contribution in [2.75, 3.05) is 20.3 Å². The van der Waals surface area contributed by atoms with Gasteiger partial charge in [0.1, 0.15) is 0 Å². The summed E-state index contributed by atoms with van der Waals surface area (Å²) in [6.07, 6.45) is 2.58. The summed E-state index contributed by atoms with van der Waals surface area (Å²) in [5.74, 6) is 0.935. The molecule has 7 nitrogen and oxygen atoms in total. The van der Waals surface area contributed by atoms with Crippen molar-refractivity contribution >= 4 is 21.8 Å². The number of hydrogen-bond acceptors (Lipinski definition) is 5. The highest BCUT2D eigenvalue weighted by molar-refractivity contribution is 6.04. The lowest BCUT2D eigenvalue weighted by atomic mass is 9.96. The number of fused-ring (bicyclic) bond motifs is 3. The Hall–Kier alpha value is -3.19. The number of H-pyrrole nitrogens is 1. The van der Waals surface area contributed by atoms with E-state index in [4.69, 9.17) is 9.47 Å². The average Bonchev–Trinajstić information content (AvgIpc) is 3.19. The van der Waals surface area contributed by atoms with Gasteiger partial charge in [-0.15, -0.1) is 0 Å². The van der Waals surface area contributed by atoms with E-state index in [2.05, 4.69) is 34.1 Å². The molecule has 0 bridgehead atoms. The first-order chi connectivity index (χ1) is 15.0. The summed E-state index contributed by atoms with van der Waals surface area (Å²) < 4.78 is 12.9. The van der Waals surface area contributed by atoms with Crippen molar-refractivity contribution in [3.8, 4) is 17.0 Å². The average molecular weight is 418 g/mol. The predicted molar refractivity (Wildman–Crippen MR) is 121 cm³/mol. The van der Waals surface area contributed by atoms with Gasteiger partial charge in [0.25, 0.3) is 5.56 Å². The maximum absolute atomic E-state index is 12.9. The van der Waals surface area contributed by atoms with Crippen molar-refractivity contribution < 1.29 is 9.47 Å². The van der Waals surface area contributed by atoms with Crippen LogP contribution in [0.15, 0.2) is 35.3 Å². The van der Waals surface area contributed by atoms with Crippen LogP contribution in [0.3, 0.4) is 0 Å². The van der Waals surface area contributed by atoms with Crippen molar-refractivity contribution in [1.29, 1.82) is 0 Å². The number of pyridine rings is 2. The van der Waals surface area contributed by atoms with Crippen LogP contribution in [0.1, 0.15) is 30.6 Å². The molecule has 4 heterocycles. The van der Waals surface area contributed by atoms with Gasteiger partial charge in [0, 0.05) is 35.2 Å². The first-order valence-corrected chi connectivity index (χ1v) is 10.6. The van der Waals surface area contributed by atoms with Gasteiger partial charge >= 0.3 is 0 Å². The smallest absolute Gasteiger partial charge is 0.259 e. The highest BCUT2D eigenvalue weighted by Crippen LogP contribution is 2.34. The van der Waals surface area contributed by atoms with E-state index in [9.17, 15) is 4.79 Å². The summed E-state index contributed by atoms with van der Waals surface area (Å²) in [6.45, 7) is 7.62. The number of aromatic amines is 1. The molecular formula is C24H26N4O3. The molecule has 1 N–H and O–H groups in total. The molecule has 0 aliphatic carbocycles. The second-order valence-corrected chi connectivity index (χ2v) is 8.42. The molecular weight excluding hydrogens is 392 g/mol. The molecule has 0 amide bonds. The fourth-order valence-corrected chi connectivity index (χ4v) is 4.82. The lowest BCUT2D eigenvalue weighted by Gasteiger charge is -2.29. The lowest BCUT2D eigenvalue weighted by molar-refractivity contribution is 0.0264. The Morgan fingerprint density at radius 2 is 2.06 bits per heavy atom. The zero-order valence-electron chi connectivity index (χ0n) is 18.2. The molecule has 1 aromatic carbocycles. The van der Waals surface area contributed by atoms with Crippen LogP contribution < -0.4 is 10.3 Å². The fourth-order valence-electron chi connectivity index (χ4n) is 4.82. The minimum Gasteiger partial charge on any atom is -0.481 e. The second-order valence-electron chi connectivity index (χ2n) is 8.42. The predicted octanol–water partition coefficient (Wildman–Crippen LogP) is 4.16. The summed E-state index contributed by atoms with van der Waals surface area (Å²) >= 11 is 0. The van der Waals surface area contributed by atoms with E-state index >= 15 is 0 Å². The van der Waals surface area contributed by atoms with Crippen molar-refractivity contribution in [3.63, 3.8) is 0 Å². The van der Waals surface area contributed by atoms with Crippen LogP contribution in [0.25, 0.3) is 32.9 Å². The molecule has 1 fully saturated rings. The van der Waals surface area contributed by atoms with Crippen LogP contribution in [0, 0.1) is 19.8 Å². The minimum atomic E-state index is -0.119. The van der Waals surface area contributed by atoms with E-state index in [1.807, 2.05) is 30.7 Å². The SMILES string of the molecule is COc1cc(C)c(-c2ccc3c(c2)[nH]c(=O)c2cnn([C@@H]4CCOC[C@@H]4C)c23)c(C)n1. The number of aryl methyl sites for hydroxylation is 2. The van der Waals surface area contributed by atoms with Crippen LogP contribution >= 0.6 is 0 Å². The molecule has 3 aromatic heterocycles. The molecule has 1 saturated heterocycles. The van der Waals surface area contributed by atoms with Crippen LogP contribution in [0.4, 0.5) is 0 Å². The largest absolute Gasteiger partial charge is 0.481 e. The number of rotatable bonds is 3. The fraction of sp³-hybridized carbons (Fsp3) is 0.375. The monoisotopic (exact) mass is 418 g/mol. The number of ether oxygens (including phenoxy) is 2. The molecule has 0 unspecified atom stereocenters. The molecule has 7 heteroatoms. The van der Waals surface area contributed by atoms with Crippen LogP contribution in [0.5, 0.6) is 5.88 Å². The maximum atomic E-state index is 12.9. The van der Waals surface area contributed by atoms with Gasteiger partial charge in [0.05, 0.1) is 42.4 Å². The Balaban J connectivity index is 1.72. The Kier molecular flexibility index (Phi) is 4.78. The topological polar surface area (TPSA) is 82.0 Å². The van der Waals surface area contributed by atoms with E-state index in [0.717, 1.165) is 45.2 Å². The molecule has 31 heavy (non-hydrogen) atoms. The summed E-state index contributed by atoms with van der Waals surface area (Å²) in [5.41, 5.74) is 5.60. The van der Waals surface area contributed by atoms with Gasteiger partial charge in [0.2, 0.25) is 5.88 Å². The van der Waals surface area contributed by atoms with Crippen LogP contribution in [-0.2, 0) is 4.74 Å². The first-order valence-electron chi connectivity index (χ1n) is 10.6. The Morgan fingerprint density at radius 1 is 1.23 bits per heavy atom. The number of aromatic nitrogens is 4. The normalized spacial score (nSPS) is 19.2. The number of nitrogens with one attached hydrogen (secondary N) is 1. The first kappa shape index (κ1) is 19.8. The van der Waals surface area contributed by atoms with E-state index in [1.54, 1.807) is 13.3 Å². The molecule has 5 rings (SSSR count). The summed E-state index contributed by atoms with van der Waals surface area (Å²) in [5, 5.41) is 6.24. The third kappa shape index (κ3) is 3.20. The van der Waals surface area contributed by atoms with Gasteiger partial charge in [-0.25, -0.2) is 4.98 Å². The van der Waals surface area contributed by atoms with Crippen molar-refractivity contribution in [2.45, 2.75) is 33.2 Å². The van der Waals surface area contributed by atoms with Gasteiger partial charge in [0.15, 0.2) is 0 Å². The van der Waals surface area contributed by atoms with Gasteiger partial charge in [-0.3, -0.25) is 9.48 Å². The van der Waals surface area contributed by atoms with E-state index in [1.165, 1.54) is 0 Å². The molecule has 1 aliphatic rings. The van der Waals surface area contributed by atoms with E-state index in [0.29, 0.717) is 30.4 Å². The third-order valence-corrected chi connectivity index (χ3v) is 6.34. The number of benzene rings is 1. The second kappa shape index (κ2) is 7.50. The number of nitrogens with zero attached hydrogens (tertiary/aromatic N) is 3. The van der Waals surface area contributed by atoms with Crippen LogP contribution in [-0.4, -0.2) is 40.1 Å². The minimum absolute atomic E-state index is 0.119. The van der Waals surface area contributed by atoms with E-state index in [-0.39, 0.29) is 11.6 Å². The molecule has 0 saturated carbocycles. The third-order valence-electron chi connectivity index (χ3n) is 6.34. The van der Waals surface area contributed by atoms with Gasteiger partial charge in [-0.1, -0.05) is 19.1 Å². The Bertz CT molecular complexity index is 1330. The van der Waals surface area contributed by atoms with Crippen LogP contribution in [0.2, 0.25) is 0 Å². The summed E-state index contributed by atoms with van der Waals surface area (Å²) in [4.78, 5) is 20.5. The van der Waals surface area contributed by atoms with Gasteiger partial charge in [-0.2, -0.15) is 5.10 Å². The van der Waals surface area contributed by atoms with Gasteiger partial charge < -0.3 is 14.5 Å². The molecule has 4 aromatic rings.